The number of hydrogen-bond donors (Lipinski definition) is 2. The van der Waals surface area contributed by atoms with E-state index < -0.39 is 5.97 Å². The molecule has 0 atom stereocenters. The molecule has 0 aliphatic carbocycles. The molecule has 2 rings (SSSR count). The van der Waals surface area contributed by atoms with E-state index in [4.69, 9.17) is 5.11 Å². The minimum Gasteiger partial charge on any atom is -0.478 e. The standard InChI is InChI=1S/C19H20N2O3/c1-13(11-14-7-9-17(10-8-14)21(2)3)18(22)20-16-6-4-5-15(12-16)19(23)24/h4-12H,1-3H3,(H,20,22)(H,23,24). The van der Waals surface area contributed by atoms with E-state index in [-0.39, 0.29) is 11.5 Å². The van der Waals surface area contributed by atoms with Gasteiger partial charge in [0.15, 0.2) is 0 Å². The minimum absolute atomic E-state index is 0.133. The van der Waals surface area contributed by atoms with Gasteiger partial charge in [0.2, 0.25) is 0 Å². The highest BCUT2D eigenvalue weighted by molar-refractivity contribution is 6.06. The molecule has 0 aromatic heterocycles. The number of carbonyl (C=O) groups excluding carboxylic acids is 1. The van der Waals surface area contributed by atoms with Gasteiger partial charge in [0, 0.05) is 31.0 Å². The lowest BCUT2D eigenvalue weighted by Crippen LogP contribution is -2.13. The van der Waals surface area contributed by atoms with E-state index in [1.807, 2.05) is 43.3 Å². The predicted molar refractivity (Wildman–Crippen MR) is 96.5 cm³/mol. The van der Waals surface area contributed by atoms with E-state index in [1.165, 1.54) is 12.1 Å². The van der Waals surface area contributed by atoms with Crippen LogP contribution in [0.3, 0.4) is 0 Å². The highest BCUT2D eigenvalue weighted by Gasteiger charge is 2.08. The second kappa shape index (κ2) is 7.46. The fourth-order valence-electron chi connectivity index (χ4n) is 2.14. The molecule has 0 radical (unpaired) electrons. The Morgan fingerprint density at radius 3 is 2.33 bits per heavy atom. The van der Waals surface area contributed by atoms with Crippen LogP contribution in [0.1, 0.15) is 22.8 Å². The minimum atomic E-state index is -1.03. The van der Waals surface area contributed by atoms with Crippen LogP contribution >= 0.6 is 0 Å². The molecule has 2 aromatic carbocycles. The number of nitrogens with zero attached hydrogens (tertiary/aromatic N) is 1. The summed E-state index contributed by atoms with van der Waals surface area (Å²) in [4.78, 5) is 25.2. The Morgan fingerprint density at radius 2 is 1.75 bits per heavy atom. The Hall–Kier alpha value is -3.08. The second-order valence-corrected chi connectivity index (χ2v) is 5.65. The third kappa shape index (κ3) is 4.46. The SMILES string of the molecule is CC(=Cc1ccc(N(C)C)cc1)C(=O)Nc1cccc(C(=O)O)c1. The Bertz CT molecular complexity index is 777. The van der Waals surface area contributed by atoms with Crippen molar-refractivity contribution in [3.8, 4) is 0 Å². The van der Waals surface area contributed by atoms with Crippen LogP contribution in [0.2, 0.25) is 0 Å². The van der Waals surface area contributed by atoms with Gasteiger partial charge < -0.3 is 15.3 Å². The molecule has 0 aliphatic heterocycles. The van der Waals surface area contributed by atoms with Crippen molar-refractivity contribution in [3.63, 3.8) is 0 Å². The smallest absolute Gasteiger partial charge is 0.335 e. The van der Waals surface area contributed by atoms with Gasteiger partial charge in [-0.2, -0.15) is 0 Å². The fraction of sp³-hybridized carbons (Fsp3) is 0.158. The zero-order valence-electron chi connectivity index (χ0n) is 13.9. The summed E-state index contributed by atoms with van der Waals surface area (Å²) in [5.41, 5.74) is 3.13. The largest absolute Gasteiger partial charge is 0.478 e. The normalized spacial score (nSPS) is 11.0. The number of carboxylic acids is 1. The number of amides is 1. The van der Waals surface area contributed by atoms with E-state index in [9.17, 15) is 9.59 Å². The van der Waals surface area contributed by atoms with E-state index in [0.717, 1.165) is 11.3 Å². The summed E-state index contributed by atoms with van der Waals surface area (Å²) in [6, 6.07) is 14.0. The summed E-state index contributed by atoms with van der Waals surface area (Å²) in [5.74, 6) is -1.30. The highest BCUT2D eigenvalue weighted by atomic mass is 16.4. The van der Waals surface area contributed by atoms with Crippen molar-refractivity contribution in [1.82, 2.24) is 0 Å². The van der Waals surface area contributed by atoms with Crippen molar-refractivity contribution in [2.75, 3.05) is 24.3 Å². The number of carbonyl (C=O) groups is 2. The van der Waals surface area contributed by atoms with Crippen LogP contribution in [-0.2, 0) is 4.79 Å². The Balaban J connectivity index is 2.11. The number of nitrogens with one attached hydrogen (secondary N) is 1. The monoisotopic (exact) mass is 324 g/mol. The molecule has 0 fully saturated rings. The summed E-state index contributed by atoms with van der Waals surface area (Å²) in [7, 11) is 3.93. The van der Waals surface area contributed by atoms with Gasteiger partial charge in [-0.15, -0.1) is 0 Å². The Morgan fingerprint density at radius 1 is 1.08 bits per heavy atom. The highest BCUT2D eigenvalue weighted by Crippen LogP contribution is 2.16. The molecule has 0 saturated carbocycles. The summed E-state index contributed by atoms with van der Waals surface area (Å²) in [6.45, 7) is 1.72. The molecule has 5 heteroatoms. The fourth-order valence-corrected chi connectivity index (χ4v) is 2.14. The molecule has 2 aromatic rings. The summed E-state index contributed by atoms with van der Waals surface area (Å²) >= 11 is 0. The van der Waals surface area contributed by atoms with Gasteiger partial charge in [0.25, 0.3) is 5.91 Å². The van der Waals surface area contributed by atoms with Crippen LogP contribution in [0.4, 0.5) is 11.4 Å². The molecular formula is C19H20N2O3. The number of aromatic carboxylic acids is 1. The van der Waals surface area contributed by atoms with Gasteiger partial charge in [-0.25, -0.2) is 4.79 Å². The second-order valence-electron chi connectivity index (χ2n) is 5.65. The molecule has 0 spiro atoms. The topological polar surface area (TPSA) is 69.6 Å². The number of anilines is 2. The molecule has 0 heterocycles. The van der Waals surface area contributed by atoms with Crippen molar-refractivity contribution in [1.29, 1.82) is 0 Å². The zero-order valence-corrected chi connectivity index (χ0v) is 13.9. The maximum absolute atomic E-state index is 12.2. The van der Waals surface area contributed by atoms with Gasteiger partial charge in [-0.1, -0.05) is 18.2 Å². The van der Waals surface area contributed by atoms with Crippen LogP contribution in [0.5, 0.6) is 0 Å². The van der Waals surface area contributed by atoms with Crippen LogP contribution in [0.25, 0.3) is 6.08 Å². The van der Waals surface area contributed by atoms with Crippen molar-refractivity contribution in [2.24, 2.45) is 0 Å². The molecule has 0 saturated heterocycles. The van der Waals surface area contributed by atoms with Gasteiger partial charge in [-0.3, -0.25) is 4.79 Å². The van der Waals surface area contributed by atoms with Crippen LogP contribution in [-0.4, -0.2) is 31.1 Å². The average molecular weight is 324 g/mol. The third-order valence-corrected chi connectivity index (χ3v) is 3.52. The van der Waals surface area contributed by atoms with E-state index in [1.54, 1.807) is 25.1 Å². The molecule has 0 aliphatic rings. The maximum atomic E-state index is 12.2. The first-order valence-corrected chi connectivity index (χ1v) is 7.47. The molecule has 2 N–H and O–H groups in total. The van der Waals surface area contributed by atoms with Gasteiger partial charge in [0.1, 0.15) is 0 Å². The van der Waals surface area contributed by atoms with Crippen LogP contribution in [0.15, 0.2) is 54.1 Å². The first-order valence-electron chi connectivity index (χ1n) is 7.47. The van der Waals surface area contributed by atoms with Crippen molar-refractivity contribution in [3.05, 3.63) is 65.2 Å². The molecule has 1 amide bonds. The first kappa shape index (κ1) is 17.3. The van der Waals surface area contributed by atoms with Gasteiger partial charge in [-0.05, 0) is 48.9 Å². The van der Waals surface area contributed by atoms with Gasteiger partial charge >= 0.3 is 5.97 Å². The third-order valence-electron chi connectivity index (χ3n) is 3.52. The number of carboxylic acid groups (broad SMARTS) is 1. The van der Waals surface area contributed by atoms with E-state index in [0.29, 0.717) is 11.3 Å². The quantitative estimate of drug-likeness (QED) is 0.826. The predicted octanol–water partition coefficient (Wildman–Crippen LogP) is 3.49. The first-order chi connectivity index (χ1) is 11.4. The lowest BCUT2D eigenvalue weighted by atomic mass is 10.1. The van der Waals surface area contributed by atoms with E-state index >= 15 is 0 Å². The molecule has 0 bridgehead atoms. The van der Waals surface area contributed by atoms with Gasteiger partial charge in [0.05, 0.1) is 5.56 Å². The van der Waals surface area contributed by atoms with Crippen molar-refractivity contribution in [2.45, 2.75) is 6.92 Å². The average Bonchev–Trinajstić information content (AvgIpc) is 2.55. The maximum Gasteiger partial charge on any atom is 0.335 e. The molecule has 24 heavy (non-hydrogen) atoms. The van der Waals surface area contributed by atoms with Crippen molar-refractivity contribution >= 4 is 29.3 Å². The number of benzene rings is 2. The summed E-state index contributed by atoms with van der Waals surface area (Å²) in [6.07, 6.45) is 1.79. The summed E-state index contributed by atoms with van der Waals surface area (Å²) in [5, 5.41) is 11.7. The molecular weight excluding hydrogens is 304 g/mol. The zero-order chi connectivity index (χ0) is 17.7. The Labute approximate surface area is 141 Å². The summed E-state index contributed by atoms with van der Waals surface area (Å²) < 4.78 is 0. The molecule has 0 unspecified atom stereocenters. The lowest BCUT2D eigenvalue weighted by molar-refractivity contribution is -0.112. The van der Waals surface area contributed by atoms with Crippen LogP contribution < -0.4 is 10.2 Å². The lowest BCUT2D eigenvalue weighted by Gasteiger charge is -2.12. The van der Waals surface area contributed by atoms with E-state index in [2.05, 4.69) is 5.32 Å². The van der Waals surface area contributed by atoms with Crippen LogP contribution in [0, 0.1) is 0 Å². The van der Waals surface area contributed by atoms with Crippen molar-refractivity contribution < 1.29 is 14.7 Å². The number of rotatable bonds is 5. The Kier molecular flexibility index (Phi) is 5.37. The number of hydrogen-bond acceptors (Lipinski definition) is 3. The molecule has 5 nitrogen and oxygen atoms in total. The molecule has 124 valence electrons.